The van der Waals surface area contributed by atoms with E-state index in [0.29, 0.717) is 6.61 Å². The van der Waals surface area contributed by atoms with Crippen LogP contribution in [-0.4, -0.2) is 43.7 Å². The zero-order valence-corrected chi connectivity index (χ0v) is 8.90. The Hall–Kier alpha value is -0.230. The average Bonchev–Trinajstić information content (AvgIpc) is 2.14. The summed E-state index contributed by atoms with van der Waals surface area (Å²) in [6.07, 6.45) is -1.91. The maximum atomic E-state index is 11.8. The molecule has 0 aliphatic rings. The molecule has 4 nitrogen and oxygen atoms in total. The van der Waals surface area contributed by atoms with Crippen molar-refractivity contribution in [3.8, 4) is 0 Å². The molecule has 0 aromatic carbocycles. The van der Waals surface area contributed by atoms with Gasteiger partial charge in [0.05, 0.1) is 12.7 Å². The van der Waals surface area contributed by atoms with Crippen LogP contribution in [0.3, 0.4) is 0 Å². The highest BCUT2D eigenvalue weighted by atomic mass is 19.1. The predicted octanol–water partition coefficient (Wildman–Crippen LogP) is 1.08. The molecular formula is C9H19FO4. The zero-order valence-electron chi connectivity index (χ0n) is 8.90. The molecule has 0 heterocycles. The Morgan fingerprint density at radius 2 is 1.93 bits per heavy atom. The van der Waals surface area contributed by atoms with Gasteiger partial charge in [-0.2, -0.15) is 0 Å². The number of rotatable bonds is 8. The third kappa shape index (κ3) is 7.20. The Kier molecular flexibility index (Phi) is 7.98. The van der Waals surface area contributed by atoms with Gasteiger partial charge in [0.15, 0.2) is 12.6 Å². The molecule has 0 rings (SSSR count). The predicted molar refractivity (Wildman–Crippen MR) is 49.6 cm³/mol. The summed E-state index contributed by atoms with van der Waals surface area (Å²) in [5, 5.41) is 8.76. The molecular weight excluding hydrogens is 191 g/mol. The van der Waals surface area contributed by atoms with Crippen LogP contribution < -0.4 is 0 Å². The number of aliphatic hydroxyl groups excluding tert-OH is 1. The van der Waals surface area contributed by atoms with E-state index < -0.39 is 13.0 Å². The molecule has 86 valence electrons. The molecule has 3 atom stereocenters. The number of hydrogen-bond donors (Lipinski definition) is 1. The van der Waals surface area contributed by atoms with Crippen LogP contribution in [0.1, 0.15) is 20.8 Å². The van der Waals surface area contributed by atoms with E-state index in [4.69, 9.17) is 19.3 Å². The van der Waals surface area contributed by atoms with Crippen molar-refractivity contribution in [2.75, 3.05) is 19.9 Å². The highest BCUT2D eigenvalue weighted by Gasteiger charge is 2.11. The van der Waals surface area contributed by atoms with Crippen molar-refractivity contribution >= 4 is 0 Å². The Bertz CT molecular complexity index is 134. The standard InChI is InChI=1S/C9H19FO4/c1-4-12-8(3)14-7(2)6-13-9(11)5-10/h7-9,11H,4-6H2,1-3H3. The fraction of sp³-hybridized carbons (Fsp3) is 1.00. The monoisotopic (exact) mass is 210 g/mol. The maximum absolute atomic E-state index is 11.8. The summed E-state index contributed by atoms with van der Waals surface area (Å²) in [7, 11) is 0. The number of hydrogen-bond acceptors (Lipinski definition) is 4. The first-order chi connectivity index (χ1) is 6.60. The van der Waals surface area contributed by atoms with Crippen LogP contribution in [0.2, 0.25) is 0 Å². The summed E-state index contributed by atoms with van der Waals surface area (Å²) < 4.78 is 26.9. The molecule has 0 spiro atoms. The number of aliphatic hydroxyl groups is 1. The SMILES string of the molecule is CCOC(C)OC(C)COC(O)CF. The van der Waals surface area contributed by atoms with E-state index in [1.807, 2.05) is 6.92 Å². The van der Waals surface area contributed by atoms with Crippen LogP contribution in [0.15, 0.2) is 0 Å². The minimum Gasteiger partial charge on any atom is -0.366 e. The second kappa shape index (κ2) is 8.11. The average molecular weight is 210 g/mol. The van der Waals surface area contributed by atoms with Gasteiger partial charge in [-0.05, 0) is 20.8 Å². The van der Waals surface area contributed by atoms with E-state index in [2.05, 4.69) is 0 Å². The van der Waals surface area contributed by atoms with Gasteiger partial charge in [0.2, 0.25) is 0 Å². The molecule has 0 amide bonds. The molecule has 0 fully saturated rings. The van der Waals surface area contributed by atoms with Crippen molar-refractivity contribution in [1.29, 1.82) is 0 Å². The van der Waals surface area contributed by atoms with Gasteiger partial charge >= 0.3 is 0 Å². The van der Waals surface area contributed by atoms with Crippen LogP contribution >= 0.6 is 0 Å². The second-order valence-electron chi connectivity index (χ2n) is 2.91. The van der Waals surface area contributed by atoms with Gasteiger partial charge in [-0.1, -0.05) is 0 Å². The maximum Gasteiger partial charge on any atom is 0.183 e. The van der Waals surface area contributed by atoms with Crippen LogP contribution in [0.4, 0.5) is 4.39 Å². The molecule has 0 aromatic heterocycles. The molecule has 3 unspecified atom stereocenters. The molecule has 0 aliphatic heterocycles. The summed E-state index contributed by atoms with van der Waals surface area (Å²) in [5.41, 5.74) is 0. The Morgan fingerprint density at radius 3 is 2.43 bits per heavy atom. The molecule has 0 bridgehead atoms. The highest BCUT2D eigenvalue weighted by Crippen LogP contribution is 2.01. The molecule has 1 N–H and O–H groups in total. The van der Waals surface area contributed by atoms with Crippen molar-refractivity contribution < 1.29 is 23.7 Å². The molecule has 5 heteroatoms. The Morgan fingerprint density at radius 1 is 1.29 bits per heavy atom. The van der Waals surface area contributed by atoms with Crippen molar-refractivity contribution in [3.05, 3.63) is 0 Å². The van der Waals surface area contributed by atoms with Gasteiger partial charge in [0.1, 0.15) is 6.67 Å². The van der Waals surface area contributed by atoms with E-state index in [1.165, 1.54) is 0 Å². The van der Waals surface area contributed by atoms with Crippen LogP contribution in [0.5, 0.6) is 0 Å². The lowest BCUT2D eigenvalue weighted by atomic mass is 10.4. The van der Waals surface area contributed by atoms with E-state index in [9.17, 15) is 4.39 Å². The fourth-order valence-corrected chi connectivity index (χ4v) is 0.932. The topological polar surface area (TPSA) is 47.9 Å². The summed E-state index contributed by atoms with van der Waals surface area (Å²) in [4.78, 5) is 0. The van der Waals surface area contributed by atoms with Crippen molar-refractivity contribution in [2.24, 2.45) is 0 Å². The molecule has 0 saturated heterocycles. The quantitative estimate of drug-likeness (QED) is 0.609. The van der Waals surface area contributed by atoms with Gasteiger partial charge in [-0.15, -0.1) is 0 Å². The van der Waals surface area contributed by atoms with Gasteiger partial charge in [-0.25, -0.2) is 4.39 Å². The second-order valence-corrected chi connectivity index (χ2v) is 2.91. The molecule has 0 aliphatic carbocycles. The van der Waals surface area contributed by atoms with Crippen molar-refractivity contribution in [1.82, 2.24) is 0 Å². The molecule has 0 saturated carbocycles. The number of ether oxygens (including phenoxy) is 3. The lowest BCUT2D eigenvalue weighted by Gasteiger charge is -2.19. The highest BCUT2D eigenvalue weighted by molar-refractivity contribution is 4.49. The minimum atomic E-state index is -1.36. The lowest BCUT2D eigenvalue weighted by Crippen LogP contribution is -2.27. The van der Waals surface area contributed by atoms with Gasteiger partial charge in [0.25, 0.3) is 0 Å². The normalized spacial score (nSPS) is 17.8. The van der Waals surface area contributed by atoms with E-state index >= 15 is 0 Å². The fourth-order valence-electron chi connectivity index (χ4n) is 0.932. The van der Waals surface area contributed by atoms with E-state index in [1.54, 1.807) is 13.8 Å². The Balaban J connectivity index is 3.49. The van der Waals surface area contributed by atoms with Crippen molar-refractivity contribution in [3.63, 3.8) is 0 Å². The lowest BCUT2D eigenvalue weighted by molar-refractivity contribution is -0.188. The van der Waals surface area contributed by atoms with Gasteiger partial charge in [0, 0.05) is 6.61 Å². The molecule has 14 heavy (non-hydrogen) atoms. The molecule has 0 radical (unpaired) electrons. The zero-order chi connectivity index (χ0) is 11.0. The molecule has 0 aromatic rings. The number of halogens is 1. The summed E-state index contributed by atoms with van der Waals surface area (Å²) in [5.74, 6) is 0. The third-order valence-electron chi connectivity index (χ3n) is 1.48. The summed E-state index contributed by atoms with van der Waals surface area (Å²) in [6.45, 7) is 5.21. The van der Waals surface area contributed by atoms with Gasteiger partial charge in [-0.3, -0.25) is 0 Å². The van der Waals surface area contributed by atoms with Crippen LogP contribution in [0, 0.1) is 0 Å². The van der Waals surface area contributed by atoms with Crippen molar-refractivity contribution in [2.45, 2.75) is 39.5 Å². The van der Waals surface area contributed by atoms with E-state index in [0.717, 1.165) is 0 Å². The van der Waals surface area contributed by atoms with Crippen LogP contribution in [0.25, 0.3) is 0 Å². The minimum absolute atomic E-state index is 0.141. The van der Waals surface area contributed by atoms with E-state index in [-0.39, 0.29) is 19.0 Å². The Labute approximate surface area is 84.0 Å². The largest absolute Gasteiger partial charge is 0.366 e. The van der Waals surface area contributed by atoms with Crippen LogP contribution in [-0.2, 0) is 14.2 Å². The van der Waals surface area contributed by atoms with Gasteiger partial charge < -0.3 is 19.3 Å². The first kappa shape index (κ1) is 13.8. The summed E-state index contributed by atoms with van der Waals surface area (Å²) >= 11 is 0. The first-order valence-corrected chi connectivity index (χ1v) is 4.72. The third-order valence-corrected chi connectivity index (χ3v) is 1.48. The summed E-state index contributed by atoms with van der Waals surface area (Å²) in [6, 6.07) is 0. The first-order valence-electron chi connectivity index (χ1n) is 4.72. The number of alkyl halides is 1. The smallest absolute Gasteiger partial charge is 0.183 e.